The summed E-state index contributed by atoms with van der Waals surface area (Å²) in [6.45, 7) is 8.85. The number of hydrogen-bond acceptors (Lipinski definition) is 10. The normalized spacial score (nSPS) is 16.1. The zero-order valence-corrected chi connectivity index (χ0v) is 22.3. The number of pyridine rings is 1. The molecule has 0 unspecified atom stereocenters. The number of halogens is 2. The fourth-order valence-electron chi connectivity index (χ4n) is 5.27. The van der Waals surface area contributed by atoms with Gasteiger partial charge in [0.25, 0.3) is 0 Å². The molecule has 1 aromatic carbocycles. The first kappa shape index (κ1) is 25.8. The molecule has 202 valence electrons. The molecule has 1 saturated heterocycles. The third-order valence-corrected chi connectivity index (χ3v) is 8.10. The Morgan fingerprint density at radius 1 is 1.15 bits per heavy atom. The second-order valence-electron chi connectivity index (χ2n) is 10.5. The molecule has 0 bridgehead atoms. The number of hydrogen-bond donors (Lipinski definition) is 1. The molecule has 0 aliphatic carbocycles. The Labute approximate surface area is 227 Å². The topological polar surface area (TPSA) is 119 Å². The molecule has 12 heteroatoms. The van der Waals surface area contributed by atoms with Crippen LogP contribution in [0.25, 0.3) is 32.2 Å². The summed E-state index contributed by atoms with van der Waals surface area (Å²) < 4.78 is 48.2. The van der Waals surface area contributed by atoms with Crippen LogP contribution in [0.4, 0.5) is 13.8 Å². The van der Waals surface area contributed by atoms with Gasteiger partial charge in [0.05, 0.1) is 55.2 Å². The number of nitrogens with zero attached hydrogens (tertiary/aromatic N) is 5. The Kier molecular flexibility index (Phi) is 6.55. The Morgan fingerprint density at radius 2 is 1.92 bits per heavy atom. The van der Waals surface area contributed by atoms with Crippen LogP contribution in [0.2, 0.25) is 0 Å². The van der Waals surface area contributed by atoms with E-state index in [1.54, 1.807) is 6.20 Å². The number of nitrogen functional groups attached to an aromatic ring is 1. The number of fused-ring (bicyclic) bond motifs is 4. The zero-order chi connectivity index (χ0) is 27.3. The van der Waals surface area contributed by atoms with Gasteiger partial charge in [0.15, 0.2) is 11.6 Å². The van der Waals surface area contributed by atoms with Crippen molar-refractivity contribution in [2.75, 3.05) is 45.2 Å². The predicted molar refractivity (Wildman–Crippen MR) is 142 cm³/mol. The van der Waals surface area contributed by atoms with E-state index in [4.69, 9.17) is 19.9 Å². The molecule has 1 fully saturated rings. The number of nitriles is 1. The highest BCUT2D eigenvalue weighted by atomic mass is 32.1. The lowest BCUT2D eigenvalue weighted by molar-refractivity contribution is 0.0125. The van der Waals surface area contributed by atoms with E-state index in [-0.39, 0.29) is 62.1 Å². The summed E-state index contributed by atoms with van der Waals surface area (Å²) >= 11 is 0.936. The van der Waals surface area contributed by atoms with E-state index in [0.29, 0.717) is 30.8 Å². The lowest BCUT2D eigenvalue weighted by Gasteiger charge is -2.34. The number of aromatic nitrogens is 3. The van der Waals surface area contributed by atoms with Crippen molar-refractivity contribution in [2.45, 2.75) is 27.1 Å². The van der Waals surface area contributed by atoms with Gasteiger partial charge in [0.2, 0.25) is 0 Å². The molecule has 3 aromatic heterocycles. The number of nitrogens with two attached hydrogens (primary N) is 1. The molecule has 0 radical (unpaired) electrons. The van der Waals surface area contributed by atoms with Gasteiger partial charge in [-0.1, -0.05) is 13.8 Å². The monoisotopic (exact) mass is 552 g/mol. The van der Waals surface area contributed by atoms with Gasteiger partial charge in [-0.15, -0.1) is 11.3 Å². The van der Waals surface area contributed by atoms with Crippen molar-refractivity contribution in [3.63, 3.8) is 0 Å². The minimum atomic E-state index is -0.664. The van der Waals surface area contributed by atoms with Gasteiger partial charge in [0, 0.05) is 47.6 Å². The maximum atomic E-state index is 16.4. The lowest BCUT2D eigenvalue weighted by atomic mass is 9.93. The number of rotatable bonds is 6. The SMILES string of the molecule is CC(C)(COc1ncc2c3c(c(-c4ncc(F)c5sc(N)c(C#N)c45)c(F)c2n1)COC3)CN1CCOCC1. The van der Waals surface area contributed by atoms with E-state index >= 15 is 4.39 Å². The molecule has 0 amide bonds. The van der Waals surface area contributed by atoms with Crippen molar-refractivity contribution in [1.29, 1.82) is 5.26 Å². The van der Waals surface area contributed by atoms with Crippen LogP contribution in [0.1, 0.15) is 30.5 Å². The summed E-state index contributed by atoms with van der Waals surface area (Å²) in [6, 6.07) is 2.07. The van der Waals surface area contributed by atoms with Crippen molar-refractivity contribution in [2.24, 2.45) is 5.41 Å². The number of anilines is 1. The minimum absolute atomic E-state index is 0.0474. The van der Waals surface area contributed by atoms with Gasteiger partial charge in [0.1, 0.15) is 16.6 Å². The summed E-state index contributed by atoms with van der Waals surface area (Å²) in [5, 5.41) is 10.6. The maximum Gasteiger partial charge on any atom is 0.317 e. The summed E-state index contributed by atoms with van der Waals surface area (Å²) in [4.78, 5) is 15.4. The molecule has 6 rings (SSSR count). The average molecular weight is 553 g/mol. The van der Waals surface area contributed by atoms with Crippen molar-refractivity contribution < 1.29 is 23.0 Å². The van der Waals surface area contributed by atoms with Crippen LogP contribution in [0, 0.1) is 28.4 Å². The molecule has 0 atom stereocenters. The van der Waals surface area contributed by atoms with Crippen LogP contribution in [0.5, 0.6) is 6.01 Å². The van der Waals surface area contributed by atoms with Gasteiger partial charge in [-0.3, -0.25) is 9.88 Å². The van der Waals surface area contributed by atoms with Gasteiger partial charge in [-0.25, -0.2) is 13.8 Å². The van der Waals surface area contributed by atoms with Crippen molar-refractivity contribution in [3.05, 3.63) is 40.7 Å². The first-order chi connectivity index (χ1) is 18.8. The minimum Gasteiger partial charge on any atom is -0.463 e. The second-order valence-corrected chi connectivity index (χ2v) is 11.6. The highest BCUT2D eigenvalue weighted by molar-refractivity contribution is 7.23. The third-order valence-electron chi connectivity index (χ3n) is 7.07. The van der Waals surface area contributed by atoms with Crippen LogP contribution < -0.4 is 10.5 Å². The fraction of sp³-hybridized carbons (Fsp3) is 0.407. The smallest absolute Gasteiger partial charge is 0.317 e. The summed E-state index contributed by atoms with van der Waals surface area (Å²) in [6.07, 6.45) is 2.57. The van der Waals surface area contributed by atoms with Crippen LogP contribution in [-0.4, -0.2) is 59.3 Å². The van der Waals surface area contributed by atoms with Crippen LogP contribution >= 0.6 is 11.3 Å². The van der Waals surface area contributed by atoms with Gasteiger partial charge in [-0.05, 0) is 11.1 Å². The molecule has 9 nitrogen and oxygen atoms in total. The molecular weight excluding hydrogens is 526 g/mol. The summed E-state index contributed by atoms with van der Waals surface area (Å²) in [5.74, 6) is -1.29. The van der Waals surface area contributed by atoms with Gasteiger partial charge < -0.3 is 19.9 Å². The van der Waals surface area contributed by atoms with E-state index < -0.39 is 11.6 Å². The first-order valence-corrected chi connectivity index (χ1v) is 13.4. The lowest BCUT2D eigenvalue weighted by Crippen LogP contribution is -2.43. The van der Waals surface area contributed by atoms with Crippen molar-refractivity contribution >= 4 is 37.3 Å². The zero-order valence-electron chi connectivity index (χ0n) is 21.5. The fourth-order valence-corrected chi connectivity index (χ4v) is 6.19. The van der Waals surface area contributed by atoms with Crippen LogP contribution in [0.15, 0.2) is 12.4 Å². The van der Waals surface area contributed by atoms with Crippen LogP contribution in [0.3, 0.4) is 0 Å². The predicted octanol–water partition coefficient (Wildman–Crippen LogP) is 4.41. The average Bonchev–Trinajstić information content (AvgIpc) is 3.54. The molecular formula is C27H26F2N6O3S. The number of ether oxygens (including phenoxy) is 3. The molecule has 5 heterocycles. The Bertz CT molecular complexity index is 1650. The molecule has 2 N–H and O–H groups in total. The molecule has 2 aliphatic heterocycles. The highest BCUT2D eigenvalue weighted by Crippen LogP contribution is 2.45. The van der Waals surface area contributed by atoms with E-state index in [2.05, 4.69) is 33.7 Å². The molecule has 39 heavy (non-hydrogen) atoms. The molecule has 4 aromatic rings. The quantitative estimate of drug-likeness (QED) is 0.371. The van der Waals surface area contributed by atoms with Crippen molar-refractivity contribution in [3.8, 4) is 23.3 Å². The Hall–Kier alpha value is -3.50. The summed E-state index contributed by atoms with van der Waals surface area (Å²) in [5.41, 5.74) is 7.45. The largest absolute Gasteiger partial charge is 0.463 e. The highest BCUT2D eigenvalue weighted by Gasteiger charge is 2.30. The first-order valence-electron chi connectivity index (χ1n) is 12.5. The maximum absolute atomic E-state index is 16.4. The molecule has 0 spiro atoms. The Morgan fingerprint density at radius 3 is 2.69 bits per heavy atom. The van der Waals surface area contributed by atoms with E-state index in [9.17, 15) is 9.65 Å². The number of thiophene rings is 1. The van der Waals surface area contributed by atoms with E-state index in [0.717, 1.165) is 42.7 Å². The second kappa shape index (κ2) is 9.91. The number of morpholine rings is 1. The van der Waals surface area contributed by atoms with Crippen LogP contribution in [-0.2, 0) is 22.7 Å². The molecule has 0 saturated carbocycles. The number of benzene rings is 1. The Balaban J connectivity index is 1.42. The van der Waals surface area contributed by atoms with Gasteiger partial charge in [-0.2, -0.15) is 10.2 Å². The standard InChI is InChI=1S/C27H26F2N6O3S/c1-27(2,12-35-3-5-36-6-4-35)13-38-26-33-8-15-16-10-37-11-17(16)19(21(29)22(15)34-26)23-20-14(7-30)25(31)39-24(20)18(28)9-32-23/h8-9H,3-6,10-13,31H2,1-2H3. The van der Waals surface area contributed by atoms with E-state index in [1.807, 2.05) is 6.07 Å². The summed E-state index contributed by atoms with van der Waals surface area (Å²) in [7, 11) is 0. The molecule has 2 aliphatic rings. The van der Waals surface area contributed by atoms with Gasteiger partial charge >= 0.3 is 6.01 Å². The third kappa shape index (κ3) is 4.55. The van der Waals surface area contributed by atoms with E-state index in [1.165, 1.54) is 0 Å². The van der Waals surface area contributed by atoms with Crippen molar-refractivity contribution in [1.82, 2.24) is 19.9 Å².